The molecule has 0 aromatic heterocycles. The topological polar surface area (TPSA) is 23.5 Å². The number of hydroxylamine groups is 3. The third-order valence-electron chi connectivity index (χ3n) is 5.22. The fourth-order valence-corrected chi connectivity index (χ4v) is 3.25. The Balaban J connectivity index is 2.06. The van der Waals surface area contributed by atoms with Gasteiger partial charge in [-0.1, -0.05) is 46.5 Å². The summed E-state index contributed by atoms with van der Waals surface area (Å²) >= 11 is 0. The van der Waals surface area contributed by atoms with Crippen molar-refractivity contribution in [2.24, 2.45) is 5.41 Å². The summed E-state index contributed by atoms with van der Waals surface area (Å²) in [7, 11) is 0. The molecule has 0 aliphatic carbocycles. The van der Waals surface area contributed by atoms with Crippen LogP contribution in [0.5, 0.6) is 0 Å². The molecular formula is C19H41N2O+. The van der Waals surface area contributed by atoms with Crippen LogP contribution in [0.4, 0.5) is 0 Å². The summed E-state index contributed by atoms with van der Waals surface area (Å²) in [6, 6.07) is 0. The Morgan fingerprint density at radius 1 is 0.818 bits per heavy atom. The molecule has 1 heterocycles. The number of hydrogen-bond donors (Lipinski definition) is 1. The van der Waals surface area contributed by atoms with Gasteiger partial charge in [0.15, 0.2) is 0 Å². The largest absolute Gasteiger partial charge is 0.292 e. The van der Waals surface area contributed by atoms with Crippen LogP contribution < -0.4 is 0 Å². The van der Waals surface area contributed by atoms with Crippen molar-refractivity contribution in [1.82, 2.24) is 4.90 Å². The Kier molecular flexibility index (Phi) is 7.35. The average Bonchev–Trinajstić information content (AvgIpc) is 2.37. The van der Waals surface area contributed by atoms with Gasteiger partial charge in [-0.3, -0.25) is 4.90 Å². The molecule has 0 aromatic rings. The van der Waals surface area contributed by atoms with E-state index in [1.54, 1.807) is 0 Å². The van der Waals surface area contributed by atoms with Gasteiger partial charge in [-0.05, 0) is 45.6 Å². The predicted octanol–water partition coefficient (Wildman–Crippen LogP) is 4.69. The summed E-state index contributed by atoms with van der Waals surface area (Å²) in [6.07, 6.45) is 8.17. The molecule has 1 rings (SSSR count). The fourth-order valence-electron chi connectivity index (χ4n) is 3.25. The van der Waals surface area contributed by atoms with Crippen molar-refractivity contribution in [2.45, 2.75) is 85.6 Å². The van der Waals surface area contributed by atoms with Crippen LogP contribution in [0.3, 0.4) is 0 Å². The van der Waals surface area contributed by atoms with Crippen LogP contribution in [0, 0.1) is 5.41 Å². The molecule has 0 unspecified atom stereocenters. The third kappa shape index (κ3) is 6.97. The molecular weight excluding hydrogens is 272 g/mol. The molecule has 3 heteroatoms. The zero-order chi connectivity index (χ0) is 16.9. The first-order valence-corrected chi connectivity index (χ1v) is 9.36. The molecule has 1 fully saturated rings. The highest BCUT2D eigenvalue weighted by Gasteiger charge is 2.42. The van der Waals surface area contributed by atoms with Crippen LogP contribution in [-0.4, -0.2) is 53.0 Å². The van der Waals surface area contributed by atoms with Crippen LogP contribution in [0.25, 0.3) is 0 Å². The summed E-state index contributed by atoms with van der Waals surface area (Å²) < 4.78 is 0.232. The normalized spacial score (nSPS) is 20.3. The highest BCUT2D eigenvalue weighted by Crippen LogP contribution is 2.24. The number of hydrogen-bond acceptors (Lipinski definition) is 2. The number of nitrogens with zero attached hydrogens (tertiary/aromatic N) is 2. The van der Waals surface area contributed by atoms with Crippen molar-refractivity contribution in [3.63, 3.8) is 0 Å². The molecule has 132 valence electrons. The van der Waals surface area contributed by atoms with Crippen molar-refractivity contribution < 1.29 is 9.85 Å². The molecule has 22 heavy (non-hydrogen) atoms. The van der Waals surface area contributed by atoms with Crippen LogP contribution in [0.1, 0.15) is 80.1 Å². The number of unbranched alkanes of at least 4 members (excludes halogenated alkanes) is 4. The third-order valence-corrected chi connectivity index (χ3v) is 5.22. The minimum absolute atomic E-state index is 0.0564. The van der Waals surface area contributed by atoms with Crippen molar-refractivity contribution in [1.29, 1.82) is 0 Å². The highest BCUT2D eigenvalue weighted by atomic mass is 16.6. The van der Waals surface area contributed by atoms with Gasteiger partial charge >= 0.3 is 0 Å². The lowest BCUT2D eigenvalue weighted by molar-refractivity contribution is -1.14. The van der Waals surface area contributed by atoms with Gasteiger partial charge in [-0.25, -0.2) is 5.21 Å². The van der Waals surface area contributed by atoms with Crippen LogP contribution in [-0.2, 0) is 0 Å². The molecule has 1 saturated heterocycles. The maximum absolute atomic E-state index is 10.7. The Hall–Kier alpha value is -0.120. The smallest absolute Gasteiger partial charge is 0.122 e. The van der Waals surface area contributed by atoms with E-state index >= 15 is 0 Å². The van der Waals surface area contributed by atoms with E-state index in [2.05, 4.69) is 46.4 Å². The Morgan fingerprint density at radius 2 is 1.32 bits per heavy atom. The van der Waals surface area contributed by atoms with Gasteiger partial charge in [0.2, 0.25) is 0 Å². The second kappa shape index (κ2) is 8.12. The zero-order valence-corrected chi connectivity index (χ0v) is 16.1. The van der Waals surface area contributed by atoms with Crippen LogP contribution in [0.2, 0.25) is 0 Å². The van der Waals surface area contributed by atoms with Crippen LogP contribution >= 0.6 is 0 Å². The molecule has 0 amide bonds. The summed E-state index contributed by atoms with van der Waals surface area (Å²) in [4.78, 5) is 2.54. The molecule has 1 aliphatic rings. The fraction of sp³-hybridized carbons (Fsp3) is 1.00. The zero-order valence-electron chi connectivity index (χ0n) is 16.1. The van der Waals surface area contributed by atoms with E-state index in [4.69, 9.17) is 0 Å². The van der Waals surface area contributed by atoms with E-state index in [9.17, 15) is 5.21 Å². The minimum Gasteiger partial charge on any atom is -0.292 e. The van der Waals surface area contributed by atoms with Crippen molar-refractivity contribution in [3.8, 4) is 0 Å². The first-order valence-electron chi connectivity index (χ1n) is 9.36. The van der Waals surface area contributed by atoms with Crippen LogP contribution in [0.15, 0.2) is 0 Å². The first-order chi connectivity index (χ1) is 10.0. The summed E-state index contributed by atoms with van der Waals surface area (Å²) in [5.74, 6) is 0. The highest BCUT2D eigenvalue weighted by molar-refractivity contribution is 4.68. The standard InChI is InChI=1S/C19H41N2O/c1-18(2,3)12-10-8-7-9-11-13-20-14-16-21(22,17-15-20)19(4,5)6/h22H,7-17H2,1-6H3/q+1. The molecule has 0 saturated carbocycles. The van der Waals surface area contributed by atoms with Crippen molar-refractivity contribution >= 4 is 0 Å². The van der Waals surface area contributed by atoms with E-state index in [0.717, 1.165) is 26.2 Å². The number of rotatable bonds is 7. The lowest BCUT2D eigenvalue weighted by Gasteiger charge is -2.46. The summed E-state index contributed by atoms with van der Waals surface area (Å²) in [5, 5.41) is 10.7. The minimum atomic E-state index is -0.0564. The Labute approximate surface area is 139 Å². The van der Waals surface area contributed by atoms with Gasteiger partial charge in [0.05, 0.1) is 13.1 Å². The van der Waals surface area contributed by atoms with Gasteiger partial charge < -0.3 is 0 Å². The average molecular weight is 314 g/mol. The van der Waals surface area contributed by atoms with Crippen molar-refractivity contribution in [2.75, 3.05) is 32.7 Å². The van der Waals surface area contributed by atoms with Gasteiger partial charge in [-0.15, -0.1) is 0 Å². The van der Waals surface area contributed by atoms with Crippen molar-refractivity contribution in [3.05, 3.63) is 0 Å². The van der Waals surface area contributed by atoms with Gasteiger partial charge in [-0.2, -0.15) is 4.65 Å². The van der Waals surface area contributed by atoms with Gasteiger partial charge in [0.25, 0.3) is 0 Å². The maximum Gasteiger partial charge on any atom is 0.122 e. The SMILES string of the molecule is CC(C)(C)CCCCCCCN1CC[N+](O)(C(C)(C)C)CC1. The lowest BCUT2D eigenvalue weighted by atomic mass is 9.89. The van der Waals surface area contributed by atoms with E-state index in [-0.39, 0.29) is 10.2 Å². The molecule has 3 nitrogen and oxygen atoms in total. The lowest BCUT2D eigenvalue weighted by Crippen LogP contribution is -2.65. The van der Waals surface area contributed by atoms with E-state index in [1.807, 2.05) is 0 Å². The molecule has 0 radical (unpaired) electrons. The monoisotopic (exact) mass is 313 g/mol. The van der Waals surface area contributed by atoms with Gasteiger partial charge in [0.1, 0.15) is 18.6 Å². The number of quaternary nitrogens is 1. The molecule has 0 atom stereocenters. The predicted molar refractivity (Wildman–Crippen MR) is 95.1 cm³/mol. The summed E-state index contributed by atoms with van der Waals surface area (Å²) in [5.41, 5.74) is 0.440. The van der Waals surface area contributed by atoms with E-state index < -0.39 is 0 Å². The number of piperazine rings is 1. The molecule has 1 aliphatic heterocycles. The van der Waals surface area contributed by atoms with E-state index in [0.29, 0.717) is 5.41 Å². The molecule has 0 aromatic carbocycles. The first kappa shape index (κ1) is 19.9. The maximum atomic E-state index is 10.7. The Morgan fingerprint density at radius 3 is 1.82 bits per heavy atom. The Bertz CT molecular complexity index is 306. The van der Waals surface area contributed by atoms with E-state index in [1.165, 1.54) is 45.1 Å². The molecule has 1 N–H and O–H groups in total. The molecule has 0 bridgehead atoms. The van der Waals surface area contributed by atoms with Gasteiger partial charge in [0, 0.05) is 0 Å². The molecule has 0 spiro atoms. The second-order valence-corrected chi connectivity index (χ2v) is 9.46. The second-order valence-electron chi connectivity index (χ2n) is 9.46. The summed E-state index contributed by atoms with van der Waals surface area (Å²) in [6.45, 7) is 18.5. The quantitative estimate of drug-likeness (QED) is 0.544.